The molecular weight excluding hydrogens is 188 g/mol. The number of hydrogen-bond acceptors (Lipinski definition) is 3. The van der Waals surface area contributed by atoms with Gasteiger partial charge in [-0.2, -0.15) is 0 Å². The van der Waals surface area contributed by atoms with Crippen molar-refractivity contribution in [1.29, 1.82) is 0 Å². The minimum absolute atomic E-state index is 0.335. The Kier molecular flexibility index (Phi) is 3.48. The van der Waals surface area contributed by atoms with Gasteiger partial charge in [0.15, 0.2) is 0 Å². The summed E-state index contributed by atoms with van der Waals surface area (Å²) in [5.41, 5.74) is 1.55. The second-order valence-electron chi connectivity index (χ2n) is 3.08. The summed E-state index contributed by atoms with van der Waals surface area (Å²) >= 11 is 5.95. The summed E-state index contributed by atoms with van der Waals surface area (Å²) in [6.07, 6.45) is 3.39. The largest absolute Gasteiger partial charge is 0.411 e. The molecule has 0 unspecified atom stereocenters. The van der Waals surface area contributed by atoms with E-state index >= 15 is 0 Å². The Morgan fingerprint density at radius 3 is 2.92 bits per heavy atom. The van der Waals surface area contributed by atoms with Crippen LogP contribution in [0.4, 0.5) is 0 Å². The first-order valence-corrected chi connectivity index (χ1v) is 4.68. The van der Waals surface area contributed by atoms with E-state index in [9.17, 15) is 0 Å². The van der Waals surface area contributed by atoms with Crippen molar-refractivity contribution in [2.45, 2.75) is 26.7 Å². The lowest BCUT2D eigenvalue weighted by Crippen LogP contribution is -2.00. The Morgan fingerprint density at radius 2 is 2.38 bits per heavy atom. The maximum atomic E-state index is 8.71. The predicted molar refractivity (Wildman–Crippen MR) is 54.7 cm³/mol. The highest BCUT2D eigenvalue weighted by molar-refractivity contribution is 6.32. The van der Waals surface area contributed by atoms with Gasteiger partial charge in [0, 0.05) is 11.8 Å². The molecule has 1 rings (SSSR count). The number of aliphatic imine (C=N–C) groups is 1. The molecule has 1 aliphatic carbocycles. The Balaban J connectivity index is 3.05. The normalized spacial score (nSPS) is 30.4. The van der Waals surface area contributed by atoms with Crippen LogP contribution >= 0.6 is 11.6 Å². The zero-order valence-corrected chi connectivity index (χ0v) is 8.54. The van der Waals surface area contributed by atoms with Crippen molar-refractivity contribution in [3.8, 4) is 0 Å². The van der Waals surface area contributed by atoms with E-state index in [2.05, 4.69) is 17.1 Å². The molecule has 4 heteroatoms. The summed E-state index contributed by atoms with van der Waals surface area (Å²) in [6, 6.07) is 0. The van der Waals surface area contributed by atoms with E-state index in [0.29, 0.717) is 16.8 Å². The number of halogens is 1. The molecule has 0 saturated heterocycles. The summed E-state index contributed by atoms with van der Waals surface area (Å²) in [4.78, 5) is 3.98. The first-order chi connectivity index (χ1) is 6.20. The topological polar surface area (TPSA) is 45.0 Å². The van der Waals surface area contributed by atoms with Crippen LogP contribution in [0, 0.1) is 5.92 Å². The lowest BCUT2D eigenvalue weighted by molar-refractivity contribution is 0.318. The minimum atomic E-state index is 0.335. The molecule has 0 aromatic heterocycles. The van der Waals surface area contributed by atoms with E-state index in [4.69, 9.17) is 16.8 Å². The zero-order chi connectivity index (χ0) is 9.84. The van der Waals surface area contributed by atoms with Crippen LogP contribution in [0.3, 0.4) is 0 Å². The van der Waals surface area contributed by atoms with Gasteiger partial charge in [-0.1, -0.05) is 23.7 Å². The molecule has 0 aliphatic heterocycles. The second kappa shape index (κ2) is 4.42. The predicted octanol–water partition coefficient (Wildman–Crippen LogP) is 2.79. The van der Waals surface area contributed by atoms with Crippen molar-refractivity contribution in [2.75, 3.05) is 0 Å². The molecule has 0 spiro atoms. The third-order valence-electron chi connectivity index (χ3n) is 2.20. The second-order valence-corrected chi connectivity index (χ2v) is 3.44. The fourth-order valence-electron chi connectivity index (χ4n) is 1.53. The molecule has 1 aliphatic rings. The molecule has 0 aromatic rings. The number of hydrogen-bond donors (Lipinski definition) is 1. The van der Waals surface area contributed by atoms with Gasteiger partial charge in [0.1, 0.15) is 5.16 Å². The molecule has 1 atom stereocenters. The number of allylic oxidation sites excluding steroid dienone is 1. The molecule has 0 heterocycles. The van der Waals surface area contributed by atoms with Crippen molar-refractivity contribution in [3.05, 3.63) is 10.7 Å². The molecule has 72 valence electrons. The molecule has 13 heavy (non-hydrogen) atoms. The molecule has 0 radical (unpaired) electrons. The van der Waals surface area contributed by atoms with Crippen LogP contribution in [-0.4, -0.2) is 17.1 Å². The van der Waals surface area contributed by atoms with E-state index < -0.39 is 0 Å². The van der Waals surface area contributed by atoms with E-state index in [1.807, 2.05) is 0 Å². The van der Waals surface area contributed by atoms with Crippen LogP contribution < -0.4 is 0 Å². The van der Waals surface area contributed by atoms with Gasteiger partial charge < -0.3 is 5.21 Å². The summed E-state index contributed by atoms with van der Waals surface area (Å²) in [5.74, 6) is 0.335. The SMILES string of the molecule is C\C=N/C(Cl)=C1\C(=N\O)CC[C@H]1C. The van der Waals surface area contributed by atoms with Crippen molar-refractivity contribution in [1.82, 2.24) is 0 Å². The first kappa shape index (κ1) is 10.3. The number of nitrogens with zero attached hydrogens (tertiary/aromatic N) is 2. The Morgan fingerprint density at radius 1 is 1.69 bits per heavy atom. The quantitative estimate of drug-likeness (QED) is 0.301. The molecule has 1 N–H and O–H groups in total. The van der Waals surface area contributed by atoms with E-state index in [1.165, 1.54) is 0 Å². The van der Waals surface area contributed by atoms with Gasteiger partial charge in [0.05, 0.1) is 5.71 Å². The fraction of sp³-hybridized carbons (Fsp3) is 0.556. The third-order valence-corrected chi connectivity index (χ3v) is 2.50. The van der Waals surface area contributed by atoms with E-state index in [0.717, 1.165) is 18.4 Å². The van der Waals surface area contributed by atoms with Crippen molar-refractivity contribution in [2.24, 2.45) is 16.1 Å². The molecular formula is C9H13ClN2O. The van der Waals surface area contributed by atoms with E-state index in [-0.39, 0.29) is 0 Å². The van der Waals surface area contributed by atoms with Gasteiger partial charge in [-0.05, 0) is 25.7 Å². The van der Waals surface area contributed by atoms with Gasteiger partial charge in [-0.25, -0.2) is 4.99 Å². The Hall–Kier alpha value is -0.830. The van der Waals surface area contributed by atoms with Crippen molar-refractivity contribution >= 4 is 23.5 Å². The molecule has 0 aromatic carbocycles. The van der Waals surface area contributed by atoms with Crippen LogP contribution in [0.25, 0.3) is 0 Å². The van der Waals surface area contributed by atoms with Crippen LogP contribution in [0.1, 0.15) is 26.7 Å². The van der Waals surface area contributed by atoms with Crippen LogP contribution in [-0.2, 0) is 0 Å². The van der Waals surface area contributed by atoms with E-state index in [1.54, 1.807) is 13.1 Å². The van der Waals surface area contributed by atoms with Gasteiger partial charge in [-0.3, -0.25) is 0 Å². The smallest absolute Gasteiger partial charge is 0.134 e. The van der Waals surface area contributed by atoms with Gasteiger partial charge in [0.2, 0.25) is 0 Å². The minimum Gasteiger partial charge on any atom is -0.411 e. The molecule has 0 bridgehead atoms. The summed E-state index contributed by atoms with van der Waals surface area (Å²) < 4.78 is 0. The van der Waals surface area contributed by atoms with Crippen molar-refractivity contribution < 1.29 is 5.21 Å². The van der Waals surface area contributed by atoms with Crippen LogP contribution in [0.2, 0.25) is 0 Å². The summed E-state index contributed by atoms with van der Waals surface area (Å²) in [6.45, 7) is 3.86. The number of oxime groups is 1. The molecule has 1 fully saturated rings. The van der Waals surface area contributed by atoms with Gasteiger partial charge in [0.25, 0.3) is 0 Å². The van der Waals surface area contributed by atoms with Crippen LogP contribution in [0.15, 0.2) is 20.9 Å². The average molecular weight is 201 g/mol. The zero-order valence-electron chi connectivity index (χ0n) is 7.79. The average Bonchev–Trinajstić information content (AvgIpc) is 2.47. The highest BCUT2D eigenvalue weighted by Gasteiger charge is 2.26. The monoisotopic (exact) mass is 200 g/mol. The Bertz CT molecular complexity index is 281. The lowest BCUT2D eigenvalue weighted by Gasteiger charge is -2.04. The Labute approximate surface area is 82.8 Å². The maximum Gasteiger partial charge on any atom is 0.134 e. The van der Waals surface area contributed by atoms with Crippen LogP contribution in [0.5, 0.6) is 0 Å². The lowest BCUT2D eigenvalue weighted by atomic mass is 10.1. The van der Waals surface area contributed by atoms with Gasteiger partial charge in [-0.15, -0.1) is 0 Å². The summed E-state index contributed by atoms with van der Waals surface area (Å²) in [7, 11) is 0. The highest BCUT2D eigenvalue weighted by Crippen LogP contribution is 2.32. The number of rotatable bonds is 1. The van der Waals surface area contributed by atoms with Crippen molar-refractivity contribution in [3.63, 3.8) is 0 Å². The fourth-order valence-corrected chi connectivity index (χ4v) is 1.92. The van der Waals surface area contributed by atoms with Gasteiger partial charge >= 0.3 is 0 Å². The summed E-state index contributed by atoms with van der Waals surface area (Å²) in [5, 5.41) is 12.4. The molecule has 3 nitrogen and oxygen atoms in total. The third kappa shape index (κ3) is 2.10. The first-order valence-electron chi connectivity index (χ1n) is 4.30. The standard InChI is InChI=1S/C9H13ClN2O/c1-3-11-9(10)8-6(2)4-5-7(8)12-13/h3,6,13H,4-5H2,1-2H3/b9-8-,11-3-,12-7+/t6-/m1/s1. The highest BCUT2D eigenvalue weighted by atomic mass is 35.5. The maximum absolute atomic E-state index is 8.71. The molecule has 1 saturated carbocycles. The molecule has 0 amide bonds.